The number of nitrogens with two attached hydrogens (primary N) is 1. The number of rotatable bonds is 4. The van der Waals surface area contributed by atoms with Crippen LogP contribution < -0.4 is 15.5 Å². The molecule has 2 aromatic heterocycles. The number of guanidine groups is 1. The van der Waals surface area contributed by atoms with Gasteiger partial charge in [0, 0.05) is 70.9 Å². The summed E-state index contributed by atoms with van der Waals surface area (Å²) in [7, 11) is 2.16. The molecule has 2 N–H and O–H groups in total. The fourth-order valence-corrected chi connectivity index (χ4v) is 3.60. The van der Waals surface area contributed by atoms with Crippen molar-refractivity contribution < 1.29 is 0 Å². The van der Waals surface area contributed by atoms with E-state index in [9.17, 15) is 0 Å². The molecule has 9 nitrogen and oxygen atoms in total. The lowest BCUT2D eigenvalue weighted by Crippen LogP contribution is -2.51. The van der Waals surface area contributed by atoms with Crippen LogP contribution in [0.3, 0.4) is 0 Å². The molecule has 0 atom stereocenters. The number of halogens is 1. The number of hydrogen-bond acceptors (Lipinski definition) is 7. The Kier molecular flexibility index (Phi) is 8.02. The Morgan fingerprint density at radius 3 is 2.23 bits per heavy atom. The molecule has 2 aromatic rings. The van der Waals surface area contributed by atoms with Gasteiger partial charge in [-0.05, 0) is 24.7 Å². The van der Waals surface area contributed by atoms with E-state index in [2.05, 4.69) is 58.7 Å². The topological polar surface area (TPSA) is 90.0 Å². The van der Waals surface area contributed by atoms with Gasteiger partial charge in [0.25, 0.3) is 0 Å². The van der Waals surface area contributed by atoms with Gasteiger partial charge in [-0.1, -0.05) is 6.07 Å². The quantitative estimate of drug-likeness (QED) is 0.359. The van der Waals surface area contributed by atoms with Gasteiger partial charge in [0.2, 0.25) is 5.95 Å². The molecule has 4 rings (SSSR count). The summed E-state index contributed by atoms with van der Waals surface area (Å²) < 4.78 is 0. The number of aromatic nitrogens is 3. The number of piperazine rings is 2. The number of aliphatic imine (C=N–C) groups is 1. The van der Waals surface area contributed by atoms with E-state index >= 15 is 0 Å². The summed E-state index contributed by atoms with van der Waals surface area (Å²) in [6, 6.07) is 6.02. The van der Waals surface area contributed by atoms with E-state index in [1.165, 1.54) is 0 Å². The van der Waals surface area contributed by atoms with Crippen molar-refractivity contribution in [2.45, 2.75) is 6.54 Å². The molecule has 162 valence electrons. The van der Waals surface area contributed by atoms with Gasteiger partial charge in [-0.25, -0.2) is 19.9 Å². The first-order chi connectivity index (χ1) is 14.2. The molecule has 0 unspecified atom stereocenters. The highest BCUT2D eigenvalue weighted by molar-refractivity contribution is 14.0. The molecule has 4 heterocycles. The molecule has 0 saturated carbocycles. The molecule has 0 radical (unpaired) electrons. The Morgan fingerprint density at radius 1 is 0.933 bits per heavy atom. The third kappa shape index (κ3) is 5.69. The minimum atomic E-state index is 0. The lowest BCUT2D eigenvalue weighted by Gasteiger charge is -2.35. The van der Waals surface area contributed by atoms with Crippen molar-refractivity contribution in [1.29, 1.82) is 0 Å². The number of hydrogen-bond donors (Lipinski definition) is 1. The number of anilines is 2. The van der Waals surface area contributed by atoms with Gasteiger partial charge in [-0.15, -0.1) is 24.0 Å². The van der Waals surface area contributed by atoms with Crippen LogP contribution >= 0.6 is 24.0 Å². The molecule has 2 aliphatic rings. The van der Waals surface area contributed by atoms with Crippen molar-refractivity contribution in [2.75, 3.05) is 69.2 Å². The standard InChI is InChI=1S/C20H29N9.HI/c1-26-7-9-27(10-8-26)18-4-3-17(15-24-18)16-25-19(21)28-11-13-29(14-12-28)20-22-5-2-6-23-20;/h2-6,15H,7-14,16H2,1H3,(H2,21,25);1H. The van der Waals surface area contributed by atoms with Gasteiger partial charge < -0.3 is 25.3 Å². The molecule has 0 bridgehead atoms. The van der Waals surface area contributed by atoms with Gasteiger partial charge in [0.05, 0.1) is 6.54 Å². The molecule has 2 fully saturated rings. The highest BCUT2D eigenvalue weighted by Crippen LogP contribution is 2.14. The number of nitrogens with zero attached hydrogens (tertiary/aromatic N) is 8. The van der Waals surface area contributed by atoms with Crippen LogP contribution in [0, 0.1) is 0 Å². The van der Waals surface area contributed by atoms with Crippen molar-refractivity contribution in [2.24, 2.45) is 10.7 Å². The summed E-state index contributed by atoms with van der Waals surface area (Å²) in [5.41, 5.74) is 7.30. The third-order valence-corrected chi connectivity index (χ3v) is 5.50. The van der Waals surface area contributed by atoms with Crippen molar-refractivity contribution in [1.82, 2.24) is 24.8 Å². The molecule has 0 aliphatic carbocycles. The van der Waals surface area contributed by atoms with Crippen LogP contribution in [0.4, 0.5) is 11.8 Å². The van der Waals surface area contributed by atoms with E-state index in [-0.39, 0.29) is 24.0 Å². The van der Waals surface area contributed by atoms with E-state index < -0.39 is 0 Å². The molecule has 30 heavy (non-hydrogen) atoms. The van der Waals surface area contributed by atoms with Crippen molar-refractivity contribution >= 4 is 41.7 Å². The van der Waals surface area contributed by atoms with E-state index in [0.29, 0.717) is 12.5 Å². The lowest BCUT2D eigenvalue weighted by molar-refractivity contribution is 0.312. The maximum absolute atomic E-state index is 6.23. The minimum Gasteiger partial charge on any atom is -0.370 e. The highest BCUT2D eigenvalue weighted by atomic mass is 127. The fraction of sp³-hybridized carbons (Fsp3) is 0.500. The van der Waals surface area contributed by atoms with Crippen LogP contribution in [-0.4, -0.2) is 90.1 Å². The van der Waals surface area contributed by atoms with Crippen molar-refractivity contribution in [3.63, 3.8) is 0 Å². The van der Waals surface area contributed by atoms with Gasteiger partial charge in [0.15, 0.2) is 5.96 Å². The number of likely N-dealkylation sites (N-methyl/N-ethyl adjacent to an activating group) is 1. The minimum absolute atomic E-state index is 0. The zero-order valence-electron chi connectivity index (χ0n) is 17.4. The van der Waals surface area contributed by atoms with Crippen LogP contribution in [0.2, 0.25) is 0 Å². The second-order valence-corrected chi connectivity index (χ2v) is 7.51. The van der Waals surface area contributed by atoms with E-state index in [1.54, 1.807) is 12.4 Å². The summed E-state index contributed by atoms with van der Waals surface area (Å²) in [4.78, 5) is 26.8. The van der Waals surface area contributed by atoms with Gasteiger partial charge >= 0.3 is 0 Å². The van der Waals surface area contributed by atoms with Crippen LogP contribution in [0.25, 0.3) is 0 Å². The smallest absolute Gasteiger partial charge is 0.225 e. The Hall–Kier alpha value is -2.21. The predicted octanol–water partition coefficient (Wildman–Crippen LogP) is 0.878. The van der Waals surface area contributed by atoms with E-state index in [1.807, 2.05) is 12.3 Å². The van der Waals surface area contributed by atoms with Gasteiger partial charge in [-0.3, -0.25) is 0 Å². The Bertz CT molecular complexity index is 799. The monoisotopic (exact) mass is 523 g/mol. The average molecular weight is 523 g/mol. The van der Waals surface area contributed by atoms with Crippen molar-refractivity contribution in [3.8, 4) is 0 Å². The molecule has 2 saturated heterocycles. The number of pyridine rings is 1. The van der Waals surface area contributed by atoms with Gasteiger partial charge in [-0.2, -0.15) is 0 Å². The lowest BCUT2D eigenvalue weighted by atomic mass is 10.2. The maximum Gasteiger partial charge on any atom is 0.225 e. The summed E-state index contributed by atoms with van der Waals surface area (Å²) in [6.45, 7) is 8.04. The molecular formula is C20H30IN9. The SMILES string of the molecule is CN1CCN(c2ccc(CN=C(N)N3CCN(c4ncccn4)CC3)cn2)CC1.I. The Labute approximate surface area is 195 Å². The second-order valence-electron chi connectivity index (χ2n) is 7.51. The largest absolute Gasteiger partial charge is 0.370 e. The Balaban J connectivity index is 0.00000256. The molecule has 2 aliphatic heterocycles. The zero-order chi connectivity index (χ0) is 20.1. The highest BCUT2D eigenvalue weighted by Gasteiger charge is 2.20. The average Bonchev–Trinajstić information content (AvgIpc) is 2.79. The summed E-state index contributed by atoms with van der Waals surface area (Å²) in [5.74, 6) is 2.40. The molecule has 0 aromatic carbocycles. The normalized spacial score (nSPS) is 18.3. The van der Waals surface area contributed by atoms with Crippen LogP contribution in [0.1, 0.15) is 5.56 Å². The predicted molar refractivity (Wildman–Crippen MR) is 131 cm³/mol. The molecular weight excluding hydrogens is 493 g/mol. The third-order valence-electron chi connectivity index (χ3n) is 5.50. The van der Waals surface area contributed by atoms with Gasteiger partial charge in [0.1, 0.15) is 5.82 Å². The Morgan fingerprint density at radius 2 is 1.60 bits per heavy atom. The van der Waals surface area contributed by atoms with Crippen LogP contribution in [0.15, 0.2) is 41.8 Å². The van der Waals surface area contributed by atoms with Crippen LogP contribution in [0.5, 0.6) is 0 Å². The van der Waals surface area contributed by atoms with E-state index in [4.69, 9.17) is 5.73 Å². The summed E-state index contributed by atoms with van der Waals surface area (Å²) in [6.07, 6.45) is 5.45. The molecule has 0 amide bonds. The summed E-state index contributed by atoms with van der Waals surface area (Å²) >= 11 is 0. The maximum atomic E-state index is 6.23. The van der Waals surface area contributed by atoms with E-state index in [0.717, 1.165) is 69.7 Å². The molecule has 0 spiro atoms. The zero-order valence-corrected chi connectivity index (χ0v) is 19.7. The first-order valence-corrected chi connectivity index (χ1v) is 10.1. The van der Waals surface area contributed by atoms with Crippen molar-refractivity contribution in [3.05, 3.63) is 42.4 Å². The first kappa shape index (κ1) is 22.5. The van der Waals surface area contributed by atoms with Crippen LogP contribution in [-0.2, 0) is 6.54 Å². The fourth-order valence-electron chi connectivity index (χ4n) is 3.60. The molecule has 10 heteroatoms. The summed E-state index contributed by atoms with van der Waals surface area (Å²) in [5, 5.41) is 0. The second kappa shape index (κ2) is 10.7. The first-order valence-electron chi connectivity index (χ1n) is 10.1.